The summed E-state index contributed by atoms with van der Waals surface area (Å²) < 4.78 is 33.1. The van der Waals surface area contributed by atoms with Crippen molar-refractivity contribution < 1.29 is 17.9 Å². The number of ether oxygens (including phenoxy) is 1. The van der Waals surface area contributed by atoms with Crippen LogP contribution in [0.5, 0.6) is 5.75 Å². The molecule has 1 aliphatic rings. The number of nitrogens with zero attached hydrogens (tertiary/aromatic N) is 1. The minimum atomic E-state index is -3.75. The van der Waals surface area contributed by atoms with Crippen LogP contribution in [0.1, 0.15) is 18.4 Å². The van der Waals surface area contributed by atoms with Crippen LogP contribution in [0.15, 0.2) is 52.3 Å². The second-order valence-corrected chi connectivity index (χ2v) is 9.86. The van der Waals surface area contributed by atoms with Gasteiger partial charge in [0.05, 0.1) is 13.0 Å². The van der Waals surface area contributed by atoms with Gasteiger partial charge in [-0.2, -0.15) is 4.31 Å². The molecule has 29 heavy (non-hydrogen) atoms. The fourth-order valence-corrected chi connectivity index (χ4v) is 5.67. The molecule has 6 nitrogen and oxygen atoms in total. The average Bonchev–Trinajstić information content (AvgIpc) is 2.74. The highest BCUT2D eigenvalue weighted by Gasteiger charge is 2.35. The summed E-state index contributed by atoms with van der Waals surface area (Å²) in [5.41, 5.74) is 1.56. The van der Waals surface area contributed by atoms with Gasteiger partial charge in [0.2, 0.25) is 15.9 Å². The number of hydrogen-bond donors (Lipinski definition) is 1. The molecule has 0 radical (unpaired) electrons. The molecule has 0 aromatic heterocycles. The molecule has 0 saturated carbocycles. The first kappa shape index (κ1) is 21.7. The van der Waals surface area contributed by atoms with Crippen molar-refractivity contribution in [3.05, 3.63) is 48.0 Å². The van der Waals surface area contributed by atoms with Crippen molar-refractivity contribution in [3.8, 4) is 5.75 Å². The van der Waals surface area contributed by atoms with Crippen LogP contribution in [0.4, 0.5) is 5.69 Å². The number of benzene rings is 2. The number of methoxy groups -OCH3 is 1. The van der Waals surface area contributed by atoms with Gasteiger partial charge in [0.25, 0.3) is 0 Å². The minimum absolute atomic E-state index is 0.147. The zero-order valence-electron chi connectivity index (χ0n) is 16.8. The van der Waals surface area contributed by atoms with E-state index in [9.17, 15) is 13.2 Å². The lowest BCUT2D eigenvalue weighted by atomic mass is 9.99. The summed E-state index contributed by atoms with van der Waals surface area (Å²) in [6, 6.07) is 12.7. The van der Waals surface area contributed by atoms with E-state index in [1.807, 2.05) is 43.5 Å². The molecule has 1 amide bonds. The summed E-state index contributed by atoms with van der Waals surface area (Å²) in [7, 11) is -2.30. The van der Waals surface area contributed by atoms with Crippen molar-refractivity contribution in [2.75, 3.05) is 31.8 Å². The maximum absolute atomic E-state index is 13.2. The zero-order chi connectivity index (χ0) is 21.0. The SMILES string of the molecule is COc1ccc(C)cc1S(=O)(=O)N1CCC[C@H](C(=O)Nc2cccc(SC)c2)C1. The Balaban J connectivity index is 1.77. The van der Waals surface area contributed by atoms with E-state index in [4.69, 9.17) is 4.74 Å². The average molecular weight is 435 g/mol. The van der Waals surface area contributed by atoms with E-state index in [0.717, 1.165) is 16.1 Å². The Bertz CT molecular complexity index is 992. The van der Waals surface area contributed by atoms with Gasteiger partial charge in [0.15, 0.2) is 0 Å². The summed E-state index contributed by atoms with van der Waals surface area (Å²) in [5.74, 6) is -0.234. The number of piperidine rings is 1. The molecule has 1 saturated heterocycles. The van der Waals surface area contributed by atoms with E-state index in [2.05, 4.69) is 5.32 Å². The van der Waals surface area contributed by atoms with Crippen LogP contribution in [0.2, 0.25) is 0 Å². The summed E-state index contributed by atoms with van der Waals surface area (Å²) >= 11 is 1.60. The number of anilines is 1. The molecule has 1 N–H and O–H groups in total. The van der Waals surface area contributed by atoms with E-state index in [1.54, 1.807) is 23.9 Å². The number of thioether (sulfide) groups is 1. The van der Waals surface area contributed by atoms with E-state index < -0.39 is 15.9 Å². The van der Waals surface area contributed by atoms with Crippen LogP contribution in [0.3, 0.4) is 0 Å². The lowest BCUT2D eigenvalue weighted by Gasteiger charge is -2.31. The third-order valence-corrected chi connectivity index (χ3v) is 7.64. The van der Waals surface area contributed by atoms with Crippen LogP contribution in [0.25, 0.3) is 0 Å². The first-order valence-corrected chi connectivity index (χ1v) is 12.1. The molecular weight excluding hydrogens is 408 g/mol. The Morgan fingerprint density at radius 1 is 1.24 bits per heavy atom. The summed E-state index contributed by atoms with van der Waals surface area (Å²) in [6.45, 7) is 2.40. The van der Waals surface area contributed by atoms with Crippen molar-refractivity contribution in [2.24, 2.45) is 5.92 Å². The molecule has 0 aliphatic carbocycles. The third-order valence-electron chi connectivity index (χ3n) is 5.03. The van der Waals surface area contributed by atoms with Gasteiger partial charge in [0.1, 0.15) is 10.6 Å². The fraction of sp³-hybridized carbons (Fsp3) is 0.381. The van der Waals surface area contributed by atoms with Gasteiger partial charge >= 0.3 is 0 Å². The van der Waals surface area contributed by atoms with Crippen molar-refractivity contribution in [1.82, 2.24) is 4.31 Å². The largest absolute Gasteiger partial charge is 0.495 e. The number of amides is 1. The molecule has 0 bridgehead atoms. The van der Waals surface area contributed by atoms with Crippen molar-refractivity contribution in [1.29, 1.82) is 0 Å². The molecule has 1 aliphatic heterocycles. The second kappa shape index (κ2) is 9.19. The Morgan fingerprint density at radius 2 is 2.03 bits per heavy atom. The van der Waals surface area contributed by atoms with Crippen LogP contribution in [0, 0.1) is 12.8 Å². The van der Waals surface area contributed by atoms with Gasteiger partial charge < -0.3 is 10.1 Å². The molecule has 156 valence electrons. The van der Waals surface area contributed by atoms with Crippen molar-refractivity contribution in [3.63, 3.8) is 0 Å². The maximum Gasteiger partial charge on any atom is 0.246 e. The quantitative estimate of drug-likeness (QED) is 0.701. The minimum Gasteiger partial charge on any atom is -0.495 e. The Hall–Kier alpha value is -2.03. The molecule has 2 aromatic carbocycles. The van der Waals surface area contributed by atoms with Gasteiger partial charge in [-0.1, -0.05) is 12.1 Å². The van der Waals surface area contributed by atoms with Gasteiger partial charge in [-0.25, -0.2) is 8.42 Å². The molecular formula is C21H26N2O4S2. The zero-order valence-corrected chi connectivity index (χ0v) is 18.5. The third kappa shape index (κ3) is 4.94. The van der Waals surface area contributed by atoms with Crippen LogP contribution >= 0.6 is 11.8 Å². The van der Waals surface area contributed by atoms with E-state index in [0.29, 0.717) is 25.1 Å². The number of nitrogens with one attached hydrogen (secondary N) is 1. The van der Waals surface area contributed by atoms with Crippen LogP contribution in [-0.4, -0.2) is 45.1 Å². The smallest absolute Gasteiger partial charge is 0.246 e. The first-order valence-electron chi connectivity index (χ1n) is 9.45. The monoisotopic (exact) mass is 434 g/mol. The first-order chi connectivity index (χ1) is 13.8. The highest BCUT2D eigenvalue weighted by atomic mass is 32.2. The van der Waals surface area contributed by atoms with Crippen molar-refractivity contribution in [2.45, 2.75) is 29.6 Å². The maximum atomic E-state index is 13.2. The number of rotatable bonds is 6. The Kier molecular flexibility index (Phi) is 6.87. The molecule has 8 heteroatoms. The van der Waals surface area contributed by atoms with Crippen LogP contribution in [-0.2, 0) is 14.8 Å². The van der Waals surface area contributed by atoms with Gasteiger partial charge in [-0.3, -0.25) is 4.79 Å². The lowest BCUT2D eigenvalue weighted by Crippen LogP contribution is -2.43. The molecule has 1 fully saturated rings. The second-order valence-electron chi connectivity index (χ2n) is 7.08. The molecule has 1 heterocycles. The topological polar surface area (TPSA) is 75.7 Å². The molecule has 3 rings (SSSR count). The number of hydrogen-bond acceptors (Lipinski definition) is 5. The number of carbonyl (C=O) groups excluding carboxylic acids is 1. The van der Waals surface area contributed by atoms with E-state index >= 15 is 0 Å². The highest BCUT2D eigenvalue weighted by molar-refractivity contribution is 7.98. The molecule has 0 spiro atoms. The van der Waals surface area contributed by atoms with E-state index in [-0.39, 0.29) is 17.3 Å². The van der Waals surface area contributed by atoms with Gasteiger partial charge in [-0.05, 0) is 61.9 Å². The van der Waals surface area contributed by atoms with Gasteiger partial charge in [-0.15, -0.1) is 11.8 Å². The summed E-state index contributed by atoms with van der Waals surface area (Å²) in [4.78, 5) is 14.0. The predicted molar refractivity (Wildman–Crippen MR) is 116 cm³/mol. The number of carbonyl (C=O) groups is 1. The lowest BCUT2D eigenvalue weighted by molar-refractivity contribution is -0.120. The Labute approximate surface area is 176 Å². The molecule has 2 aromatic rings. The summed E-state index contributed by atoms with van der Waals surface area (Å²) in [5, 5.41) is 2.93. The Morgan fingerprint density at radius 3 is 2.76 bits per heavy atom. The summed E-state index contributed by atoms with van der Waals surface area (Å²) in [6.07, 6.45) is 3.27. The van der Waals surface area contributed by atoms with Crippen LogP contribution < -0.4 is 10.1 Å². The van der Waals surface area contributed by atoms with E-state index in [1.165, 1.54) is 11.4 Å². The molecule has 1 atom stereocenters. The molecule has 0 unspecified atom stereocenters. The number of aryl methyl sites for hydroxylation is 1. The predicted octanol–water partition coefficient (Wildman–Crippen LogP) is 3.76. The number of sulfonamides is 1. The van der Waals surface area contributed by atoms with Crippen molar-refractivity contribution >= 4 is 33.4 Å². The fourth-order valence-electron chi connectivity index (χ4n) is 3.44. The normalized spacial score (nSPS) is 17.7. The standard InChI is InChI=1S/C21H26N2O4S2/c1-15-9-10-19(27-2)20(12-15)29(25,26)23-11-5-6-16(14-23)21(24)22-17-7-4-8-18(13-17)28-3/h4,7-10,12-13,16H,5-6,11,14H2,1-3H3,(H,22,24)/t16-/m0/s1. The highest BCUT2D eigenvalue weighted by Crippen LogP contribution is 2.31. The van der Waals surface area contributed by atoms with Gasteiger partial charge in [0, 0.05) is 23.7 Å².